The minimum absolute atomic E-state index is 0. The van der Waals surface area contributed by atoms with Gasteiger partial charge in [-0.15, -0.1) is 15.8 Å². The molecule has 0 aliphatic heterocycles. The molecule has 0 nitrogen and oxygen atoms in total. The van der Waals surface area contributed by atoms with E-state index >= 15 is 0 Å². The second-order valence-electron chi connectivity index (χ2n) is 9.92. The first-order chi connectivity index (χ1) is 16.9. The number of rotatable bonds is 8. The Morgan fingerprint density at radius 2 is 0.622 bits per heavy atom. The molecule has 5 heteroatoms. The molecule has 0 bridgehead atoms. The first-order valence-electron chi connectivity index (χ1n) is 14.2. The Balaban J connectivity index is 0. The monoisotopic (exact) mass is 719 g/mol. The van der Waals surface area contributed by atoms with Gasteiger partial charge in [-0.05, 0) is 37.0 Å². The van der Waals surface area contributed by atoms with E-state index in [4.69, 9.17) is 0 Å². The predicted molar refractivity (Wildman–Crippen MR) is 179 cm³/mol. The van der Waals surface area contributed by atoms with Crippen LogP contribution in [-0.4, -0.2) is 50.6 Å². The van der Waals surface area contributed by atoms with E-state index in [-0.39, 0.29) is 21.1 Å². The normalized spacial score (nSPS) is 10.3. The molecule has 0 heterocycles. The van der Waals surface area contributed by atoms with Crippen LogP contribution in [0.25, 0.3) is 0 Å². The number of hydrogen-bond donors (Lipinski definition) is 0. The summed E-state index contributed by atoms with van der Waals surface area (Å²) in [6, 6.07) is 4.57. The molecule has 0 unspecified atom stereocenters. The molecule has 210 valence electrons. The fourth-order valence-corrected chi connectivity index (χ4v) is 7.19. The van der Waals surface area contributed by atoms with Gasteiger partial charge in [-0.2, -0.15) is 0 Å². The van der Waals surface area contributed by atoms with Crippen molar-refractivity contribution in [2.45, 2.75) is 96.9 Å². The summed E-state index contributed by atoms with van der Waals surface area (Å²) in [7, 11) is 0.892. The molecule has 0 amide bonds. The average Bonchev–Trinajstić information content (AvgIpc) is 2.86. The Kier molecular flexibility index (Phi) is 22.2. The molecule has 0 spiro atoms. The summed E-state index contributed by atoms with van der Waals surface area (Å²) in [5.74, 6) is 0. The van der Waals surface area contributed by atoms with Gasteiger partial charge in [-0.1, -0.05) is 41.5 Å². The van der Waals surface area contributed by atoms with Crippen molar-refractivity contribution in [1.29, 1.82) is 0 Å². The van der Waals surface area contributed by atoms with E-state index in [1.165, 1.54) is 92.4 Å². The summed E-state index contributed by atoms with van der Waals surface area (Å²) in [6.07, 6.45) is 8.51. The van der Waals surface area contributed by atoms with Gasteiger partial charge in [0, 0.05) is 21.1 Å². The molecule has 0 aliphatic rings. The first-order valence-corrected chi connectivity index (χ1v) is 18.0. The van der Waals surface area contributed by atoms with Crippen molar-refractivity contribution < 1.29 is 21.1 Å². The molecule has 2 aromatic carbocycles. The summed E-state index contributed by atoms with van der Waals surface area (Å²) in [5.41, 5.74) is 13.8. The topological polar surface area (TPSA) is 0 Å². The Morgan fingerprint density at radius 1 is 0.432 bits per heavy atom. The van der Waals surface area contributed by atoms with Crippen LogP contribution in [0, 0.1) is 55.4 Å². The molecule has 2 rings (SSSR count). The Morgan fingerprint density at radius 3 is 0.757 bits per heavy atom. The Bertz CT molecular complexity index is 821. The molecule has 0 saturated carbocycles. The van der Waals surface area contributed by atoms with Gasteiger partial charge in [-0.3, -0.25) is 0 Å². The predicted octanol–water partition coefficient (Wildman–Crippen LogP) is 8.48. The SMILES string of the molecule is CCP(CC)CC.CCP(CC)CC.Cc1cc(C)c(C)c(B=Bc2c(C)c(C)cc(C)c2C)c1C.[Pt]. The Hall–Kier alpha value is 0.118. The quantitative estimate of drug-likeness (QED) is 0.190. The molecule has 2 aromatic rings. The third-order valence-electron chi connectivity index (χ3n) is 7.95. The molecule has 0 aromatic heterocycles. The van der Waals surface area contributed by atoms with Crippen LogP contribution in [-0.2, 0) is 21.1 Å². The summed E-state index contributed by atoms with van der Waals surface area (Å²) in [6.45, 7) is 36.1. The summed E-state index contributed by atoms with van der Waals surface area (Å²) in [5, 5.41) is 0. The van der Waals surface area contributed by atoms with E-state index in [1.807, 2.05) is 0 Å². The number of aryl methyl sites for hydroxylation is 4. The zero-order valence-electron chi connectivity index (χ0n) is 26.8. The van der Waals surface area contributed by atoms with Crippen molar-refractivity contribution in [3.05, 3.63) is 56.6 Å². The fourth-order valence-electron chi connectivity index (χ4n) is 4.50. The van der Waals surface area contributed by atoms with Crippen molar-refractivity contribution in [3.8, 4) is 0 Å². The maximum absolute atomic E-state index is 2.30. The fraction of sp³-hybridized carbons (Fsp3) is 0.625. The molecule has 0 N–H and O–H groups in total. The smallest absolute Gasteiger partial charge is 0 e. The maximum atomic E-state index is 2.30. The molecule has 0 atom stereocenters. The van der Waals surface area contributed by atoms with Gasteiger partial charge in [0.1, 0.15) is 0 Å². The van der Waals surface area contributed by atoms with E-state index in [2.05, 4.69) is 123 Å². The van der Waals surface area contributed by atoms with Crippen LogP contribution in [0.5, 0.6) is 0 Å². The van der Waals surface area contributed by atoms with Crippen LogP contribution in [0.1, 0.15) is 86.1 Å². The van der Waals surface area contributed by atoms with Gasteiger partial charge < -0.3 is 0 Å². The summed E-state index contributed by atoms with van der Waals surface area (Å²) in [4.78, 5) is 0. The Labute approximate surface area is 250 Å². The third kappa shape index (κ3) is 12.9. The molecule has 0 aliphatic carbocycles. The minimum Gasteiger partial charge on any atom is 0 e. The van der Waals surface area contributed by atoms with E-state index in [9.17, 15) is 0 Å². The number of benzene rings is 2. The molecule has 0 fully saturated rings. The van der Waals surface area contributed by atoms with Crippen molar-refractivity contribution in [1.82, 2.24) is 0 Å². The second kappa shape index (κ2) is 20.9. The van der Waals surface area contributed by atoms with Gasteiger partial charge in [0.25, 0.3) is 0 Å². The van der Waals surface area contributed by atoms with Crippen molar-refractivity contribution in [3.63, 3.8) is 0 Å². The molecule has 0 radical (unpaired) electrons. The molecule has 37 heavy (non-hydrogen) atoms. The van der Waals surface area contributed by atoms with E-state index in [1.54, 1.807) is 0 Å². The standard InChI is InChI=1S/C20H26B2.2C6H15P.Pt/c1-11-9-12(2)16(6)19(15(11)5)21-22-20-17(7)13(3)10-14(4)18(20)8;2*1-4-7(5-2)6-3;/h9-10H,1-8H3;2*4-6H2,1-3H3;. The molecular formula is C32H56B2P2Pt. The second-order valence-corrected chi connectivity index (χ2v) is 16.4. The van der Waals surface area contributed by atoms with Gasteiger partial charge in [0.05, 0.1) is 0 Å². The molecule has 0 saturated heterocycles. The van der Waals surface area contributed by atoms with Crippen molar-refractivity contribution in [2.75, 3.05) is 37.0 Å². The van der Waals surface area contributed by atoms with Crippen LogP contribution in [0.15, 0.2) is 12.1 Å². The summed E-state index contributed by atoms with van der Waals surface area (Å²) < 4.78 is 0. The van der Waals surface area contributed by atoms with Crippen LogP contribution in [0.2, 0.25) is 0 Å². The zero-order valence-corrected chi connectivity index (χ0v) is 30.8. The van der Waals surface area contributed by atoms with E-state index < -0.39 is 0 Å². The molecular weight excluding hydrogens is 663 g/mol. The van der Waals surface area contributed by atoms with Gasteiger partial charge in [0.15, 0.2) is 0 Å². The van der Waals surface area contributed by atoms with Gasteiger partial charge in [-0.25, -0.2) is 0 Å². The van der Waals surface area contributed by atoms with Gasteiger partial charge in [0.2, 0.25) is 0 Å². The minimum atomic E-state index is 0. The largest absolute Gasteiger partial charge is 0 e. The van der Waals surface area contributed by atoms with Crippen LogP contribution >= 0.6 is 15.8 Å². The van der Waals surface area contributed by atoms with Crippen molar-refractivity contribution >= 4 is 40.4 Å². The average molecular weight is 719 g/mol. The maximum Gasteiger partial charge on any atom is 0 e. The summed E-state index contributed by atoms with van der Waals surface area (Å²) >= 11 is 0. The van der Waals surface area contributed by atoms with Crippen LogP contribution < -0.4 is 10.9 Å². The van der Waals surface area contributed by atoms with Crippen molar-refractivity contribution in [2.24, 2.45) is 0 Å². The van der Waals surface area contributed by atoms with E-state index in [0.29, 0.717) is 15.8 Å². The third-order valence-corrected chi connectivity index (χ3v) is 13.3. The van der Waals surface area contributed by atoms with Crippen LogP contribution in [0.4, 0.5) is 0 Å². The first kappa shape index (κ1) is 39.3. The van der Waals surface area contributed by atoms with Gasteiger partial charge >= 0.3 is 137 Å². The zero-order chi connectivity index (χ0) is 28.0. The van der Waals surface area contributed by atoms with Crippen LogP contribution in [0.3, 0.4) is 0 Å². The van der Waals surface area contributed by atoms with E-state index in [0.717, 1.165) is 0 Å². The number of hydrogen-bond acceptors (Lipinski definition) is 0.